The molecule has 0 amide bonds. The van der Waals surface area contributed by atoms with E-state index in [2.05, 4.69) is 25.8 Å². The van der Waals surface area contributed by atoms with E-state index in [4.69, 9.17) is 11.6 Å². The molecule has 0 spiro atoms. The van der Waals surface area contributed by atoms with Crippen molar-refractivity contribution in [2.75, 3.05) is 18.5 Å². The van der Waals surface area contributed by atoms with Crippen LogP contribution < -0.4 is 0 Å². The molecule has 1 heterocycles. The van der Waals surface area contributed by atoms with Gasteiger partial charge in [-0.25, -0.2) is 0 Å². The Balaban J connectivity index is 0.000000423. The molecule has 0 aliphatic heterocycles. The monoisotopic (exact) mass is 329 g/mol. The molecule has 1 aromatic rings. The summed E-state index contributed by atoms with van der Waals surface area (Å²) in [5, 5.41) is 0. The van der Waals surface area contributed by atoms with Gasteiger partial charge in [-0.2, -0.15) is 0 Å². The van der Waals surface area contributed by atoms with Crippen molar-refractivity contribution in [3.8, 4) is 0 Å². The minimum atomic E-state index is 0.422. The molecule has 0 saturated heterocycles. The molecule has 0 aliphatic carbocycles. The molecule has 0 radical (unpaired) electrons. The number of hydrogen-bond acceptors (Lipinski definition) is 1. The van der Waals surface area contributed by atoms with Crippen LogP contribution in [0.15, 0.2) is 24.4 Å². The van der Waals surface area contributed by atoms with E-state index in [1.165, 1.54) is 38.5 Å². The lowest BCUT2D eigenvalue weighted by atomic mass is 10.4. The third kappa shape index (κ3) is 13.3. The van der Waals surface area contributed by atoms with Gasteiger partial charge in [-0.05, 0) is 49.9 Å². The van der Waals surface area contributed by atoms with E-state index in [1.54, 1.807) is 24.7 Å². The second kappa shape index (κ2) is 16.2. The van der Waals surface area contributed by atoms with Crippen LogP contribution in [0.4, 0.5) is 0 Å². The molecule has 0 fully saturated rings. The summed E-state index contributed by atoms with van der Waals surface area (Å²) in [6.07, 6.45) is 14.9. The molecule has 1 aromatic heterocycles. The third-order valence-electron chi connectivity index (χ3n) is 3.35. The van der Waals surface area contributed by atoms with Crippen LogP contribution in [-0.4, -0.2) is 23.5 Å². The summed E-state index contributed by atoms with van der Waals surface area (Å²) in [4.78, 5) is 3.97. The quantitative estimate of drug-likeness (QED) is 0.344. The molecule has 1 rings (SSSR count). The Morgan fingerprint density at radius 2 is 1.43 bits per heavy atom. The number of hydrogen-bond donors (Lipinski definition) is 0. The van der Waals surface area contributed by atoms with Crippen molar-refractivity contribution in [3.05, 3.63) is 30.1 Å². The smallest absolute Gasteiger partial charge is 0.0647 e. The molecule has 1 nitrogen and oxygen atoms in total. The van der Waals surface area contributed by atoms with Crippen molar-refractivity contribution < 1.29 is 0 Å². The summed E-state index contributed by atoms with van der Waals surface area (Å²) < 4.78 is 0. The van der Waals surface area contributed by atoms with Crippen molar-refractivity contribution in [3.63, 3.8) is 0 Å². The Morgan fingerprint density at radius 1 is 0.905 bits per heavy atom. The number of pyridine rings is 1. The van der Waals surface area contributed by atoms with E-state index in [1.807, 2.05) is 18.2 Å². The van der Waals surface area contributed by atoms with Gasteiger partial charge in [-0.15, -0.1) is 19.5 Å². The van der Waals surface area contributed by atoms with Gasteiger partial charge in [0.25, 0.3) is 0 Å². The molecule has 122 valence electrons. The molecule has 0 N–H and O–H groups in total. The standard InChI is InChI=1S/C12H27P.C6H6ClN/c1-4-7-10-13(11-8-5-2)12-9-6-3;7-5-6-3-1-2-4-8-6/h4-12H2,1-3H3;1-4H,5H2. The van der Waals surface area contributed by atoms with Gasteiger partial charge >= 0.3 is 0 Å². The second-order valence-corrected chi connectivity index (χ2v) is 8.31. The fraction of sp³-hybridized carbons (Fsp3) is 0.722. The van der Waals surface area contributed by atoms with Crippen molar-refractivity contribution >= 4 is 19.5 Å². The minimum absolute atomic E-state index is 0.422. The van der Waals surface area contributed by atoms with Crippen molar-refractivity contribution in [2.24, 2.45) is 0 Å². The molecule has 0 bridgehead atoms. The van der Waals surface area contributed by atoms with Crippen LogP contribution in [0.5, 0.6) is 0 Å². The van der Waals surface area contributed by atoms with E-state index in [0.717, 1.165) is 5.69 Å². The molecule has 0 aliphatic rings. The van der Waals surface area contributed by atoms with Gasteiger partial charge in [-0.3, -0.25) is 4.98 Å². The summed E-state index contributed by atoms with van der Waals surface area (Å²) in [5.74, 6) is 0.501. The van der Waals surface area contributed by atoms with Crippen LogP contribution >= 0.6 is 19.5 Å². The zero-order chi connectivity index (χ0) is 15.8. The zero-order valence-corrected chi connectivity index (χ0v) is 15.8. The van der Waals surface area contributed by atoms with Gasteiger partial charge in [0.1, 0.15) is 0 Å². The van der Waals surface area contributed by atoms with Gasteiger partial charge in [0.2, 0.25) is 0 Å². The van der Waals surface area contributed by atoms with Crippen LogP contribution in [0.25, 0.3) is 0 Å². The first-order valence-corrected chi connectivity index (χ1v) is 10.9. The van der Waals surface area contributed by atoms with Gasteiger partial charge in [-0.1, -0.05) is 46.1 Å². The number of rotatable bonds is 10. The van der Waals surface area contributed by atoms with Crippen LogP contribution in [0, 0.1) is 0 Å². The second-order valence-electron chi connectivity index (χ2n) is 5.36. The predicted molar refractivity (Wildman–Crippen MR) is 100 cm³/mol. The Morgan fingerprint density at radius 3 is 1.71 bits per heavy atom. The first-order chi connectivity index (χ1) is 10.3. The lowest BCUT2D eigenvalue weighted by molar-refractivity contribution is 0.847. The molecule has 0 unspecified atom stereocenters. The third-order valence-corrected chi connectivity index (χ3v) is 6.47. The fourth-order valence-electron chi connectivity index (χ4n) is 1.96. The molecular weight excluding hydrogens is 297 g/mol. The molecule has 0 atom stereocenters. The lowest BCUT2D eigenvalue weighted by Gasteiger charge is -2.16. The maximum Gasteiger partial charge on any atom is 0.0647 e. The van der Waals surface area contributed by atoms with E-state index >= 15 is 0 Å². The minimum Gasteiger partial charge on any atom is -0.260 e. The van der Waals surface area contributed by atoms with Crippen LogP contribution in [0.2, 0.25) is 0 Å². The van der Waals surface area contributed by atoms with Gasteiger partial charge in [0.15, 0.2) is 0 Å². The summed E-state index contributed by atoms with van der Waals surface area (Å²) in [5.41, 5.74) is 0.925. The molecular formula is C18H33ClNP. The molecule has 3 heteroatoms. The Labute approximate surface area is 138 Å². The summed E-state index contributed by atoms with van der Waals surface area (Å²) in [6, 6.07) is 5.69. The van der Waals surface area contributed by atoms with E-state index in [9.17, 15) is 0 Å². The molecule has 21 heavy (non-hydrogen) atoms. The largest absolute Gasteiger partial charge is 0.260 e. The molecule has 0 saturated carbocycles. The van der Waals surface area contributed by atoms with E-state index in [-0.39, 0.29) is 0 Å². The number of aromatic nitrogens is 1. The summed E-state index contributed by atoms with van der Waals surface area (Å²) >= 11 is 5.46. The number of alkyl halides is 1. The van der Waals surface area contributed by atoms with E-state index in [0.29, 0.717) is 13.8 Å². The first kappa shape index (κ1) is 20.9. The highest BCUT2D eigenvalue weighted by Gasteiger charge is 2.05. The van der Waals surface area contributed by atoms with Crippen LogP contribution in [0.3, 0.4) is 0 Å². The Bertz CT molecular complexity index is 286. The highest BCUT2D eigenvalue weighted by Crippen LogP contribution is 2.38. The highest BCUT2D eigenvalue weighted by atomic mass is 35.5. The SMILES string of the molecule is CCCCP(CCCC)CCCC.ClCc1ccccn1. The van der Waals surface area contributed by atoms with Gasteiger partial charge < -0.3 is 0 Å². The number of unbranched alkanes of at least 4 members (excludes halogenated alkanes) is 3. The van der Waals surface area contributed by atoms with Crippen molar-refractivity contribution in [1.82, 2.24) is 4.98 Å². The summed E-state index contributed by atoms with van der Waals surface area (Å²) in [7, 11) is 0.422. The van der Waals surface area contributed by atoms with Crippen LogP contribution in [-0.2, 0) is 5.88 Å². The summed E-state index contributed by atoms with van der Waals surface area (Å²) in [6.45, 7) is 6.94. The van der Waals surface area contributed by atoms with Gasteiger partial charge in [0.05, 0.1) is 11.6 Å². The van der Waals surface area contributed by atoms with Crippen molar-refractivity contribution in [1.29, 1.82) is 0 Å². The van der Waals surface area contributed by atoms with E-state index < -0.39 is 0 Å². The van der Waals surface area contributed by atoms with Crippen LogP contribution in [0.1, 0.15) is 65.0 Å². The Hall–Kier alpha value is -0.130. The predicted octanol–water partition coefficient (Wildman–Crippen LogP) is 6.69. The number of nitrogens with zero attached hydrogens (tertiary/aromatic N) is 1. The maximum absolute atomic E-state index is 5.46. The highest BCUT2D eigenvalue weighted by molar-refractivity contribution is 7.57. The topological polar surface area (TPSA) is 12.9 Å². The van der Waals surface area contributed by atoms with Gasteiger partial charge in [0, 0.05) is 6.20 Å². The lowest BCUT2D eigenvalue weighted by Crippen LogP contribution is -1.95. The maximum atomic E-state index is 5.46. The number of halogens is 1. The average Bonchev–Trinajstić information content (AvgIpc) is 2.55. The molecule has 0 aromatic carbocycles. The van der Waals surface area contributed by atoms with Crippen molar-refractivity contribution in [2.45, 2.75) is 65.2 Å². The Kier molecular flexibility index (Phi) is 16.1. The average molecular weight is 330 g/mol. The fourth-order valence-corrected chi connectivity index (χ4v) is 5.08. The zero-order valence-electron chi connectivity index (χ0n) is 14.2. The normalized spacial score (nSPS) is 10.3. The first-order valence-electron chi connectivity index (χ1n) is 8.46.